The Balaban J connectivity index is 1.02. The molecule has 12 aromatic rings. The van der Waals surface area contributed by atoms with E-state index < -0.39 is 0 Å². The van der Waals surface area contributed by atoms with Gasteiger partial charge in [0.15, 0.2) is 17.5 Å². The summed E-state index contributed by atoms with van der Waals surface area (Å²) in [5, 5.41) is 4.32. The Morgan fingerprint density at radius 3 is 1.50 bits per heavy atom. The van der Waals surface area contributed by atoms with Gasteiger partial charge in [0, 0.05) is 38.4 Å². The number of para-hydroxylation sites is 2. The van der Waals surface area contributed by atoms with Crippen molar-refractivity contribution in [1.29, 1.82) is 0 Å². The second kappa shape index (κ2) is 14.7. The summed E-state index contributed by atoms with van der Waals surface area (Å²) in [5.41, 5.74) is 14.4. The number of hydrogen-bond acceptors (Lipinski definition) is 4. The fourth-order valence-corrected chi connectivity index (χ4v) is 8.81. The van der Waals surface area contributed by atoms with Gasteiger partial charge in [-0.15, -0.1) is 0 Å². The summed E-state index contributed by atoms with van der Waals surface area (Å²) in [5.74, 6) is 1.73. The lowest BCUT2D eigenvalue weighted by Crippen LogP contribution is -2.00. The van der Waals surface area contributed by atoms with Gasteiger partial charge in [-0.25, -0.2) is 15.0 Å². The quantitative estimate of drug-likeness (QED) is 0.161. The minimum atomic E-state index is 0.546. The first-order valence-electron chi connectivity index (χ1n) is 20.8. The largest absolute Gasteiger partial charge is 0.455 e. The average molecular weight is 793 g/mol. The Kier molecular flexibility index (Phi) is 8.42. The van der Waals surface area contributed by atoms with Gasteiger partial charge in [-0.05, 0) is 75.8 Å². The van der Waals surface area contributed by atoms with Crippen LogP contribution >= 0.6 is 0 Å². The molecule has 0 unspecified atom stereocenters. The van der Waals surface area contributed by atoms with E-state index in [0.717, 1.165) is 83.0 Å². The predicted octanol–water partition coefficient (Wildman–Crippen LogP) is 14.9. The minimum Gasteiger partial charge on any atom is -0.455 e. The Labute approximate surface area is 357 Å². The second-order valence-corrected chi connectivity index (χ2v) is 15.6. The molecule has 3 heterocycles. The highest BCUT2D eigenvalue weighted by Gasteiger charge is 2.21. The smallest absolute Gasteiger partial charge is 0.167 e. The fourth-order valence-electron chi connectivity index (χ4n) is 8.81. The molecule has 0 aliphatic carbocycles. The van der Waals surface area contributed by atoms with E-state index in [9.17, 15) is 0 Å². The summed E-state index contributed by atoms with van der Waals surface area (Å²) in [6.45, 7) is 0. The molecule has 0 amide bonds. The van der Waals surface area contributed by atoms with Gasteiger partial charge in [-0.1, -0.05) is 176 Å². The van der Waals surface area contributed by atoms with E-state index in [1.165, 1.54) is 16.5 Å². The van der Waals surface area contributed by atoms with Crippen molar-refractivity contribution in [2.75, 3.05) is 0 Å². The highest BCUT2D eigenvalue weighted by molar-refractivity contribution is 6.18. The minimum absolute atomic E-state index is 0.546. The molecule has 0 atom stereocenters. The number of hydrogen-bond donors (Lipinski definition) is 0. The number of aromatic nitrogens is 4. The van der Waals surface area contributed by atoms with Crippen molar-refractivity contribution in [3.05, 3.63) is 218 Å². The van der Waals surface area contributed by atoms with Gasteiger partial charge in [-0.3, -0.25) is 0 Å². The third-order valence-corrected chi connectivity index (χ3v) is 11.9. The van der Waals surface area contributed by atoms with Crippen LogP contribution in [0.3, 0.4) is 0 Å². The molecule has 0 saturated heterocycles. The summed E-state index contributed by atoms with van der Waals surface area (Å²) in [7, 11) is 0. The number of benzene rings is 9. The van der Waals surface area contributed by atoms with E-state index in [1.807, 2.05) is 12.1 Å². The lowest BCUT2D eigenvalue weighted by molar-refractivity contribution is 0.670. The number of rotatable bonds is 7. The van der Waals surface area contributed by atoms with Crippen molar-refractivity contribution >= 4 is 43.7 Å². The van der Waals surface area contributed by atoms with Gasteiger partial charge >= 0.3 is 0 Å². The first-order chi connectivity index (χ1) is 30.7. The highest BCUT2D eigenvalue weighted by atomic mass is 16.3. The van der Waals surface area contributed by atoms with E-state index >= 15 is 0 Å². The van der Waals surface area contributed by atoms with Crippen molar-refractivity contribution in [2.24, 2.45) is 0 Å². The molecular formula is C57H36N4O. The zero-order chi connectivity index (χ0) is 41.0. The molecule has 5 heteroatoms. The molecule has 62 heavy (non-hydrogen) atoms. The van der Waals surface area contributed by atoms with Crippen LogP contribution in [0.5, 0.6) is 0 Å². The van der Waals surface area contributed by atoms with Crippen molar-refractivity contribution in [2.45, 2.75) is 0 Å². The standard InChI is InChI=1S/C57H36N4O/c1-4-14-37(15-5-1)40-26-28-42(29-27-40)55-58-56(44-21-12-20-43(34-44)39-18-8-3-9-19-39)60-57(59-55)48-24-13-23-47-50-35-52-49(36-53(50)62-54(47)48)46-22-10-11-25-51(46)61(52)45-32-30-41(31-33-45)38-16-6-2-7-17-38/h1-36H. The van der Waals surface area contributed by atoms with Crippen LogP contribution in [-0.2, 0) is 0 Å². The molecule has 0 aliphatic rings. The topological polar surface area (TPSA) is 56.7 Å². The van der Waals surface area contributed by atoms with Crippen LogP contribution in [0, 0.1) is 0 Å². The van der Waals surface area contributed by atoms with Crippen LogP contribution in [0.25, 0.3) is 117 Å². The van der Waals surface area contributed by atoms with Crippen molar-refractivity contribution < 1.29 is 4.42 Å². The lowest BCUT2D eigenvalue weighted by atomic mass is 10.0. The first kappa shape index (κ1) is 35.5. The molecule has 0 bridgehead atoms. The maximum absolute atomic E-state index is 6.90. The molecule has 0 fully saturated rings. The zero-order valence-electron chi connectivity index (χ0n) is 33.5. The molecule has 0 aliphatic heterocycles. The monoisotopic (exact) mass is 792 g/mol. The third kappa shape index (κ3) is 6.14. The molecule has 9 aromatic carbocycles. The maximum atomic E-state index is 6.90. The van der Waals surface area contributed by atoms with Crippen LogP contribution in [0.2, 0.25) is 0 Å². The summed E-state index contributed by atoms with van der Waals surface area (Å²) in [4.78, 5) is 15.5. The first-order valence-corrected chi connectivity index (χ1v) is 20.8. The molecule has 3 aromatic heterocycles. The van der Waals surface area contributed by atoms with E-state index in [2.05, 4.69) is 211 Å². The van der Waals surface area contributed by atoms with Gasteiger partial charge in [0.1, 0.15) is 11.2 Å². The van der Waals surface area contributed by atoms with Crippen LogP contribution in [0.1, 0.15) is 0 Å². The average Bonchev–Trinajstić information content (AvgIpc) is 3.89. The molecule has 290 valence electrons. The van der Waals surface area contributed by atoms with Gasteiger partial charge in [0.25, 0.3) is 0 Å². The number of furan rings is 1. The highest BCUT2D eigenvalue weighted by Crippen LogP contribution is 2.41. The lowest BCUT2D eigenvalue weighted by Gasteiger charge is -2.10. The van der Waals surface area contributed by atoms with Crippen LogP contribution < -0.4 is 0 Å². The molecule has 0 saturated carbocycles. The van der Waals surface area contributed by atoms with E-state index in [4.69, 9.17) is 19.4 Å². The third-order valence-electron chi connectivity index (χ3n) is 11.9. The van der Waals surface area contributed by atoms with Gasteiger partial charge in [0.2, 0.25) is 0 Å². The van der Waals surface area contributed by atoms with E-state index in [-0.39, 0.29) is 0 Å². The van der Waals surface area contributed by atoms with Gasteiger partial charge in [0.05, 0.1) is 16.6 Å². The zero-order valence-corrected chi connectivity index (χ0v) is 33.5. The van der Waals surface area contributed by atoms with Gasteiger partial charge in [-0.2, -0.15) is 0 Å². The molecule has 0 spiro atoms. The molecule has 0 N–H and O–H groups in total. The Morgan fingerprint density at radius 2 is 0.806 bits per heavy atom. The summed E-state index contributed by atoms with van der Waals surface area (Å²) in [6, 6.07) is 76.3. The van der Waals surface area contributed by atoms with E-state index in [0.29, 0.717) is 17.5 Å². The molecule has 12 rings (SSSR count). The Bertz CT molecular complexity index is 3590. The predicted molar refractivity (Wildman–Crippen MR) is 254 cm³/mol. The van der Waals surface area contributed by atoms with Crippen molar-refractivity contribution in [3.63, 3.8) is 0 Å². The Morgan fingerprint density at radius 1 is 0.306 bits per heavy atom. The van der Waals surface area contributed by atoms with Crippen LogP contribution in [0.4, 0.5) is 0 Å². The summed E-state index contributed by atoms with van der Waals surface area (Å²) < 4.78 is 9.26. The number of nitrogens with zero attached hydrogens (tertiary/aromatic N) is 4. The van der Waals surface area contributed by atoms with E-state index in [1.54, 1.807) is 0 Å². The summed E-state index contributed by atoms with van der Waals surface area (Å²) in [6.07, 6.45) is 0. The van der Waals surface area contributed by atoms with Crippen LogP contribution in [0.15, 0.2) is 223 Å². The molecule has 5 nitrogen and oxygen atoms in total. The summed E-state index contributed by atoms with van der Waals surface area (Å²) >= 11 is 0. The fraction of sp³-hybridized carbons (Fsp3) is 0. The van der Waals surface area contributed by atoms with Crippen molar-refractivity contribution in [1.82, 2.24) is 19.5 Å². The van der Waals surface area contributed by atoms with Crippen LogP contribution in [-0.4, -0.2) is 19.5 Å². The molecular weight excluding hydrogens is 757 g/mol. The van der Waals surface area contributed by atoms with Crippen molar-refractivity contribution in [3.8, 4) is 73.2 Å². The normalized spacial score (nSPS) is 11.5. The SMILES string of the molecule is c1ccc(-c2ccc(-c3nc(-c4cccc(-c5ccccc5)c4)nc(-c4cccc5c4oc4cc6c7ccccc7n(-c7ccc(-c8ccccc8)cc7)c6cc45)n3)cc2)cc1. The molecule has 0 radical (unpaired) electrons. The maximum Gasteiger partial charge on any atom is 0.167 e. The second-order valence-electron chi connectivity index (χ2n) is 15.6. The van der Waals surface area contributed by atoms with Gasteiger partial charge < -0.3 is 8.98 Å². The number of fused-ring (bicyclic) bond motifs is 6. The Hall–Kier alpha value is -8.41.